The van der Waals surface area contributed by atoms with Gasteiger partial charge in [0.15, 0.2) is 5.13 Å². The second-order valence-corrected chi connectivity index (χ2v) is 7.99. The van der Waals surface area contributed by atoms with Gasteiger partial charge in [0.1, 0.15) is 0 Å². The zero-order chi connectivity index (χ0) is 21.0. The minimum absolute atomic E-state index is 0.00307. The molecule has 1 atom stereocenters. The molecule has 0 radical (unpaired) electrons. The van der Waals surface area contributed by atoms with E-state index in [4.69, 9.17) is 0 Å². The molecule has 0 fully saturated rings. The van der Waals surface area contributed by atoms with E-state index in [0.29, 0.717) is 12.1 Å². The van der Waals surface area contributed by atoms with Crippen molar-refractivity contribution in [3.63, 3.8) is 0 Å². The van der Waals surface area contributed by atoms with Gasteiger partial charge in [-0.2, -0.15) is 0 Å². The number of thiazole rings is 1. The molecule has 1 aromatic carbocycles. The largest absolute Gasteiger partial charge is 0.348 e. The van der Waals surface area contributed by atoms with E-state index in [1.54, 1.807) is 6.20 Å². The molecule has 2 N–H and O–H groups in total. The van der Waals surface area contributed by atoms with Gasteiger partial charge in [0.25, 0.3) is 5.91 Å². The topological polar surface area (TPSA) is 76.0 Å². The first kappa shape index (κ1) is 20.8. The van der Waals surface area contributed by atoms with E-state index < -0.39 is 0 Å². The molecule has 0 aliphatic carbocycles. The summed E-state index contributed by atoms with van der Waals surface area (Å²) in [5.74, 6) is -0.162. The number of nitrogens with zero attached hydrogens (tertiary/aromatic N) is 2. The van der Waals surface area contributed by atoms with E-state index >= 15 is 0 Å². The lowest BCUT2D eigenvalue weighted by atomic mass is 10.1. The molecular formula is C22H26N4O2S. The second kappa shape index (κ2) is 9.05. The smallest absolute Gasteiger partial charge is 0.253 e. The lowest BCUT2D eigenvalue weighted by Gasteiger charge is -2.11. The molecule has 0 aliphatic heterocycles. The molecule has 0 saturated heterocycles. The fourth-order valence-electron chi connectivity index (χ4n) is 3.10. The Hall–Kier alpha value is -2.93. The molecule has 2 aromatic heterocycles. The highest BCUT2D eigenvalue weighted by Gasteiger charge is 2.17. The summed E-state index contributed by atoms with van der Waals surface area (Å²) in [5.41, 5.74) is 4.14. The zero-order valence-corrected chi connectivity index (χ0v) is 18.0. The average molecular weight is 411 g/mol. The Morgan fingerprint density at radius 2 is 2.03 bits per heavy atom. The Bertz CT molecular complexity index is 1010. The second-order valence-electron chi connectivity index (χ2n) is 7.12. The van der Waals surface area contributed by atoms with Crippen molar-refractivity contribution < 1.29 is 9.59 Å². The normalized spacial score (nSPS) is 11.9. The Kier molecular flexibility index (Phi) is 6.49. The van der Waals surface area contributed by atoms with Crippen LogP contribution in [0.25, 0.3) is 5.13 Å². The summed E-state index contributed by atoms with van der Waals surface area (Å²) in [6, 6.07) is 9.43. The maximum absolute atomic E-state index is 12.8. The van der Waals surface area contributed by atoms with E-state index in [2.05, 4.69) is 15.6 Å². The molecule has 2 heterocycles. The van der Waals surface area contributed by atoms with Gasteiger partial charge in [-0.3, -0.25) is 14.2 Å². The molecule has 2 amide bonds. The van der Waals surface area contributed by atoms with Crippen molar-refractivity contribution in [1.29, 1.82) is 0 Å². The van der Waals surface area contributed by atoms with E-state index in [1.807, 2.05) is 68.0 Å². The van der Waals surface area contributed by atoms with Gasteiger partial charge in [-0.1, -0.05) is 26.0 Å². The van der Waals surface area contributed by atoms with E-state index in [-0.39, 0.29) is 17.7 Å². The number of nitrogens with one attached hydrogen (secondary N) is 2. The van der Waals surface area contributed by atoms with Crippen LogP contribution >= 0.6 is 11.3 Å². The van der Waals surface area contributed by atoms with Crippen molar-refractivity contribution in [2.45, 2.75) is 40.7 Å². The van der Waals surface area contributed by atoms with Crippen molar-refractivity contribution in [3.05, 3.63) is 64.4 Å². The molecule has 7 heteroatoms. The van der Waals surface area contributed by atoms with Gasteiger partial charge in [0.05, 0.1) is 5.56 Å². The minimum Gasteiger partial charge on any atom is -0.348 e. The molecule has 3 rings (SSSR count). The fourth-order valence-corrected chi connectivity index (χ4v) is 3.85. The number of benzene rings is 1. The third-order valence-electron chi connectivity index (χ3n) is 4.99. The summed E-state index contributed by atoms with van der Waals surface area (Å²) < 4.78 is 1.99. The number of hydrogen-bond donors (Lipinski definition) is 2. The van der Waals surface area contributed by atoms with Crippen molar-refractivity contribution in [2.75, 3.05) is 5.32 Å². The van der Waals surface area contributed by atoms with E-state index in [1.165, 1.54) is 11.3 Å². The van der Waals surface area contributed by atoms with Crippen molar-refractivity contribution in [3.8, 4) is 5.13 Å². The predicted octanol–water partition coefficient (Wildman–Crippen LogP) is 4.47. The fraction of sp³-hybridized carbons (Fsp3) is 0.318. The van der Waals surface area contributed by atoms with Gasteiger partial charge in [-0.05, 0) is 44.0 Å². The van der Waals surface area contributed by atoms with Gasteiger partial charge in [-0.25, -0.2) is 4.98 Å². The van der Waals surface area contributed by atoms with Gasteiger partial charge in [-0.15, -0.1) is 11.3 Å². The lowest BCUT2D eigenvalue weighted by molar-refractivity contribution is -0.119. The first-order valence-electron chi connectivity index (χ1n) is 9.67. The van der Waals surface area contributed by atoms with E-state index in [0.717, 1.165) is 34.2 Å². The van der Waals surface area contributed by atoms with Crippen LogP contribution in [0.4, 0.5) is 5.69 Å². The highest BCUT2D eigenvalue weighted by molar-refractivity contribution is 7.12. The maximum Gasteiger partial charge on any atom is 0.253 e. The number of amides is 2. The first-order valence-corrected chi connectivity index (χ1v) is 10.6. The number of rotatable bonds is 7. The number of hydrogen-bond acceptors (Lipinski definition) is 4. The lowest BCUT2D eigenvalue weighted by Crippen LogP contribution is -2.23. The molecule has 0 bridgehead atoms. The number of anilines is 1. The van der Waals surface area contributed by atoms with Gasteiger partial charge in [0.2, 0.25) is 5.91 Å². The van der Waals surface area contributed by atoms with Crippen LogP contribution in [0.3, 0.4) is 0 Å². The summed E-state index contributed by atoms with van der Waals surface area (Å²) >= 11 is 1.54. The number of aryl methyl sites for hydroxylation is 1. The predicted molar refractivity (Wildman–Crippen MR) is 117 cm³/mol. The van der Waals surface area contributed by atoms with Gasteiger partial charge in [0, 0.05) is 41.1 Å². The van der Waals surface area contributed by atoms with Crippen LogP contribution in [-0.2, 0) is 11.3 Å². The van der Waals surface area contributed by atoms with Gasteiger partial charge < -0.3 is 10.6 Å². The van der Waals surface area contributed by atoms with Crippen molar-refractivity contribution in [1.82, 2.24) is 14.9 Å². The van der Waals surface area contributed by atoms with E-state index in [9.17, 15) is 9.59 Å². The van der Waals surface area contributed by atoms with Crippen LogP contribution in [-0.4, -0.2) is 21.4 Å². The molecule has 29 heavy (non-hydrogen) atoms. The number of carbonyl (C=O) groups excluding carboxylic acids is 2. The van der Waals surface area contributed by atoms with Crippen LogP contribution in [0.1, 0.15) is 47.6 Å². The quantitative estimate of drug-likeness (QED) is 0.604. The Balaban J connectivity index is 1.68. The van der Waals surface area contributed by atoms with Crippen LogP contribution in [0.5, 0.6) is 0 Å². The average Bonchev–Trinajstić information content (AvgIpc) is 3.33. The van der Waals surface area contributed by atoms with Crippen molar-refractivity contribution in [2.24, 2.45) is 5.92 Å². The molecule has 0 aliphatic rings. The molecule has 0 saturated carbocycles. The highest BCUT2D eigenvalue weighted by Crippen LogP contribution is 2.22. The monoisotopic (exact) mass is 410 g/mol. The molecule has 6 nitrogen and oxygen atoms in total. The third-order valence-corrected chi connectivity index (χ3v) is 5.75. The van der Waals surface area contributed by atoms with Crippen LogP contribution in [0.2, 0.25) is 0 Å². The third kappa shape index (κ3) is 4.74. The maximum atomic E-state index is 12.8. The Morgan fingerprint density at radius 1 is 1.24 bits per heavy atom. The van der Waals surface area contributed by atoms with Gasteiger partial charge >= 0.3 is 0 Å². The van der Waals surface area contributed by atoms with Crippen LogP contribution in [0.15, 0.2) is 41.9 Å². The molecule has 3 aromatic rings. The minimum atomic E-state index is -0.130. The molecule has 1 unspecified atom stereocenters. The molecular weight excluding hydrogens is 384 g/mol. The van der Waals surface area contributed by atoms with Crippen molar-refractivity contribution >= 4 is 28.8 Å². The highest BCUT2D eigenvalue weighted by atomic mass is 32.1. The summed E-state index contributed by atoms with van der Waals surface area (Å²) in [7, 11) is 0. The Morgan fingerprint density at radius 3 is 2.72 bits per heavy atom. The van der Waals surface area contributed by atoms with Crippen LogP contribution in [0, 0.1) is 19.8 Å². The molecule has 152 valence electrons. The standard InChI is InChI=1S/C22H26N4O2S/c1-5-14(2)20(27)25-18-8-6-7-17(12-18)13-24-21(28)19-11-15(3)26(16(19)4)22-23-9-10-29-22/h6-12,14H,5,13H2,1-4H3,(H,24,28)(H,25,27). The Labute approximate surface area is 175 Å². The summed E-state index contributed by atoms with van der Waals surface area (Å²) in [6.45, 7) is 8.17. The zero-order valence-electron chi connectivity index (χ0n) is 17.2. The summed E-state index contributed by atoms with van der Waals surface area (Å²) in [5, 5.41) is 8.67. The molecule has 0 spiro atoms. The van der Waals surface area contributed by atoms with Crippen LogP contribution < -0.4 is 10.6 Å². The summed E-state index contributed by atoms with van der Waals surface area (Å²) in [6.07, 6.45) is 2.55. The number of aromatic nitrogens is 2. The number of carbonyl (C=O) groups is 2. The summed E-state index contributed by atoms with van der Waals surface area (Å²) in [4.78, 5) is 29.2. The SMILES string of the molecule is CCC(C)C(=O)Nc1cccc(CNC(=O)c2cc(C)n(-c3nccs3)c2C)c1. The first-order chi connectivity index (χ1) is 13.9.